The van der Waals surface area contributed by atoms with Crippen LogP contribution in [0.4, 0.5) is 5.69 Å². The highest BCUT2D eigenvalue weighted by Crippen LogP contribution is 2.41. The summed E-state index contributed by atoms with van der Waals surface area (Å²) >= 11 is 0. The molecule has 7 nitrogen and oxygen atoms in total. The van der Waals surface area contributed by atoms with Gasteiger partial charge in [-0.15, -0.1) is 0 Å². The molecule has 5 rings (SSSR count). The molecule has 0 saturated carbocycles. The summed E-state index contributed by atoms with van der Waals surface area (Å²) in [6.07, 6.45) is 5.33. The van der Waals surface area contributed by atoms with Gasteiger partial charge in [0.25, 0.3) is 5.91 Å². The number of benzene rings is 2. The van der Waals surface area contributed by atoms with Gasteiger partial charge in [-0.1, -0.05) is 35.9 Å². The van der Waals surface area contributed by atoms with E-state index < -0.39 is 0 Å². The molecular weight excluding hydrogens is 452 g/mol. The number of nitrogens with zero attached hydrogens (tertiary/aromatic N) is 2. The van der Waals surface area contributed by atoms with Gasteiger partial charge in [0.2, 0.25) is 11.8 Å². The number of aromatic nitrogens is 1. The zero-order chi connectivity index (χ0) is 25.1. The van der Waals surface area contributed by atoms with Crippen molar-refractivity contribution >= 4 is 23.4 Å². The van der Waals surface area contributed by atoms with Crippen molar-refractivity contribution in [1.82, 2.24) is 15.2 Å². The normalized spacial score (nSPS) is 17.4. The zero-order valence-corrected chi connectivity index (χ0v) is 20.4. The molecule has 0 radical (unpaired) electrons. The predicted molar refractivity (Wildman–Crippen MR) is 137 cm³/mol. The number of hydrogen-bond donors (Lipinski definition) is 2. The van der Waals surface area contributed by atoms with Crippen LogP contribution in [0.15, 0.2) is 67.0 Å². The molecule has 7 heteroatoms. The molecule has 2 aliphatic heterocycles. The smallest absolute Gasteiger partial charge is 0.251 e. The van der Waals surface area contributed by atoms with Gasteiger partial charge in [-0.25, -0.2) is 0 Å². The van der Waals surface area contributed by atoms with Crippen LogP contribution in [0, 0.1) is 12.8 Å². The molecule has 1 saturated heterocycles. The first-order valence-corrected chi connectivity index (χ1v) is 12.4. The van der Waals surface area contributed by atoms with E-state index in [1.807, 2.05) is 60.4 Å². The summed E-state index contributed by atoms with van der Waals surface area (Å²) in [4.78, 5) is 44.5. The Bertz CT molecular complexity index is 1270. The van der Waals surface area contributed by atoms with Gasteiger partial charge in [-0.2, -0.15) is 0 Å². The minimum absolute atomic E-state index is 0.0256. The van der Waals surface area contributed by atoms with Crippen LogP contribution in [0.25, 0.3) is 0 Å². The lowest BCUT2D eigenvalue weighted by Crippen LogP contribution is -2.41. The number of carbonyl (C=O) groups is 3. The molecular formula is C29H30N4O3. The fourth-order valence-electron chi connectivity index (χ4n) is 5.16. The number of aryl methyl sites for hydroxylation is 1. The third-order valence-corrected chi connectivity index (χ3v) is 7.20. The van der Waals surface area contributed by atoms with E-state index in [0.717, 1.165) is 35.2 Å². The molecule has 0 spiro atoms. The number of likely N-dealkylation sites (tertiary alicyclic amines) is 1. The highest BCUT2D eigenvalue weighted by Gasteiger charge is 2.39. The molecule has 2 N–H and O–H groups in total. The quantitative estimate of drug-likeness (QED) is 0.559. The minimum atomic E-state index is -0.305. The van der Waals surface area contributed by atoms with Crippen molar-refractivity contribution in [3.63, 3.8) is 0 Å². The van der Waals surface area contributed by atoms with Crippen molar-refractivity contribution < 1.29 is 14.4 Å². The van der Waals surface area contributed by atoms with Crippen LogP contribution in [0.5, 0.6) is 0 Å². The van der Waals surface area contributed by atoms with Gasteiger partial charge in [-0.05, 0) is 66.6 Å². The summed E-state index contributed by atoms with van der Waals surface area (Å²) < 4.78 is 0. The van der Waals surface area contributed by atoms with Crippen LogP contribution < -0.4 is 10.6 Å². The summed E-state index contributed by atoms with van der Waals surface area (Å²) in [7, 11) is 0. The number of carbonyl (C=O) groups excluding carboxylic acids is 3. The van der Waals surface area contributed by atoms with Crippen molar-refractivity contribution in [3.8, 4) is 0 Å². The third kappa shape index (κ3) is 5.15. The van der Waals surface area contributed by atoms with Crippen molar-refractivity contribution in [2.75, 3.05) is 18.4 Å². The fourth-order valence-corrected chi connectivity index (χ4v) is 5.16. The van der Waals surface area contributed by atoms with Gasteiger partial charge in [0.05, 0.1) is 12.3 Å². The van der Waals surface area contributed by atoms with Crippen molar-refractivity contribution in [2.45, 2.75) is 38.6 Å². The van der Waals surface area contributed by atoms with E-state index in [0.29, 0.717) is 31.6 Å². The number of nitrogens with one attached hydrogen (secondary N) is 2. The van der Waals surface area contributed by atoms with Gasteiger partial charge >= 0.3 is 0 Å². The molecule has 3 amide bonds. The maximum Gasteiger partial charge on any atom is 0.251 e. The summed E-state index contributed by atoms with van der Waals surface area (Å²) in [6, 6.07) is 17.2. The average Bonchev–Trinajstić information content (AvgIpc) is 3.24. The summed E-state index contributed by atoms with van der Waals surface area (Å²) in [5.74, 6) is -0.261. The van der Waals surface area contributed by atoms with E-state index in [9.17, 15) is 14.4 Å². The Labute approximate surface area is 210 Å². The number of amides is 3. The van der Waals surface area contributed by atoms with Crippen LogP contribution in [-0.4, -0.2) is 40.7 Å². The van der Waals surface area contributed by atoms with E-state index in [1.54, 1.807) is 18.5 Å². The number of rotatable bonds is 6. The minimum Gasteiger partial charge on any atom is -0.348 e. The Hall–Kier alpha value is -4.00. The van der Waals surface area contributed by atoms with E-state index in [1.165, 1.54) is 5.56 Å². The van der Waals surface area contributed by atoms with Crippen molar-refractivity contribution in [1.29, 1.82) is 0 Å². The SMILES string of the molecule is Cc1ccc(CC(=O)N2CCC([C@H]3C(=O)Nc4ccc(C(=O)NCc5cccnc5)cc43)CC2)cc1. The molecule has 2 aliphatic rings. The molecule has 0 unspecified atom stereocenters. The molecule has 1 atom stereocenters. The Balaban J connectivity index is 1.22. The highest BCUT2D eigenvalue weighted by molar-refractivity contribution is 6.04. The van der Waals surface area contributed by atoms with E-state index in [-0.39, 0.29) is 29.6 Å². The van der Waals surface area contributed by atoms with Crippen LogP contribution in [-0.2, 0) is 22.6 Å². The lowest BCUT2D eigenvalue weighted by Gasteiger charge is -2.34. The Kier molecular flexibility index (Phi) is 6.80. The number of pyridine rings is 1. The van der Waals surface area contributed by atoms with Crippen LogP contribution in [0.3, 0.4) is 0 Å². The van der Waals surface area contributed by atoms with Crippen molar-refractivity contribution in [2.24, 2.45) is 5.92 Å². The molecule has 36 heavy (non-hydrogen) atoms. The molecule has 0 aliphatic carbocycles. The number of fused-ring (bicyclic) bond motifs is 1. The molecule has 184 valence electrons. The molecule has 1 aromatic heterocycles. The molecule has 3 aromatic rings. The van der Waals surface area contributed by atoms with Crippen LogP contribution in [0.1, 0.15) is 51.4 Å². The number of hydrogen-bond acceptors (Lipinski definition) is 4. The van der Waals surface area contributed by atoms with E-state index in [4.69, 9.17) is 0 Å². The second-order valence-corrected chi connectivity index (χ2v) is 9.69. The first-order valence-electron chi connectivity index (χ1n) is 12.4. The van der Waals surface area contributed by atoms with Gasteiger partial charge < -0.3 is 15.5 Å². The maximum atomic E-state index is 12.9. The van der Waals surface area contributed by atoms with E-state index >= 15 is 0 Å². The Morgan fingerprint density at radius 3 is 2.56 bits per heavy atom. The molecule has 0 bridgehead atoms. The molecule has 3 heterocycles. The first kappa shape index (κ1) is 23.7. The third-order valence-electron chi connectivity index (χ3n) is 7.20. The van der Waals surface area contributed by atoms with Crippen LogP contribution in [0.2, 0.25) is 0 Å². The lowest BCUT2D eigenvalue weighted by atomic mass is 9.80. The van der Waals surface area contributed by atoms with Gasteiger partial charge in [-0.3, -0.25) is 19.4 Å². The summed E-state index contributed by atoms with van der Waals surface area (Å²) in [6.45, 7) is 3.70. The zero-order valence-electron chi connectivity index (χ0n) is 20.4. The Morgan fingerprint density at radius 2 is 1.83 bits per heavy atom. The highest BCUT2D eigenvalue weighted by atomic mass is 16.2. The van der Waals surface area contributed by atoms with Gasteiger partial charge in [0.15, 0.2) is 0 Å². The molecule has 1 fully saturated rings. The van der Waals surface area contributed by atoms with Gasteiger partial charge in [0, 0.05) is 43.3 Å². The average molecular weight is 483 g/mol. The topological polar surface area (TPSA) is 91.4 Å². The number of piperidine rings is 1. The second kappa shape index (κ2) is 10.3. The Morgan fingerprint density at radius 1 is 1.06 bits per heavy atom. The standard InChI is InChI=1S/C29H30N4O3/c1-19-4-6-20(7-5-19)15-26(34)33-13-10-22(11-14-33)27-24-16-23(8-9-25(24)32-29(27)36)28(35)31-18-21-3-2-12-30-17-21/h2-9,12,16-17,22,27H,10-11,13-15,18H2,1H3,(H,31,35)(H,32,36)/t27-/m1/s1. The summed E-state index contributed by atoms with van der Waals surface area (Å²) in [5.41, 5.74) is 5.29. The first-order chi connectivity index (χ1) is 17.5. The number of anilines is 1. The fraction of sp³-hybridized carbons (Fsp3) is 0.310. The predicted octanol–water partition coefficient (Wildman–Crippen LogP) is 3.84. The van der Waals surface area contributed by atoms with Crippen molar-refractivity contribution in [3.05, 3.63) is 94.8 Å². The second-order valence-electron chi connectivity index (χ2n) is 9.69. The largest absolute Gasteiger partial charge is 0.348 e. The maximum absolute atomic E-state index is 12.9. The summed E-state index contributed by atoms with van der Waals surface area (Å²) in [5, 5.41) is 5.91. The van der Waals surface area contributed by atoms with Gasteiger partial charge in [0.1, 0.15) is 0 Å². The lowest BCUT2D eigenvalue weighted by molar-refractivity contribution is -0.132. The molecule has 2 aromatic carbocycles. The monoisotopic (exact) mass is 482 g/mol. The van der Waals surface area contributed by atoms with Crippen LogP contribution >= 0.6 is 0 Å². The van der Waals surface area contributed by atoms with E-state index in [2.05, 4.69) is 15.6 Å².